The van der Waals surface area contributed by atoms with Gasteiger partial charge in [-0.25, -0.2) is 0 Å². The molecule has 4 heteroatoms. The zero-order chi connectivity index (χ0) is 14.2. The minimum absolute atomic E-state index is 0.158. The van der Waals surface area contributed by atoms with E-state index in [1.807, 2.05) is 12.1 Å². The molecule has 1 amide bonds. The minimum Gasteiger partial charge on any atom is -0.382 e. The van der Waals surface area contributed by atoms with Crippen LogP contribution in [-0.2, 0) is 0 Å². The monoisotopic (exact) mass is 273 g/mol. The Balaban J connectivity index is 1.97. The highest BCUT2D eigenvalue weighted by molar-refractivity contribution is 5.93. The first-order chi connectivity index (χ1) is 9.79. The third-order valence-electron chi connectivity index (χ3n) is 3.63. The van der Waals surface area contributed by atoms with Crippen molar-refractivity contribution >= 4 is 11.6 Å². The number of hydrogen-bond donors (Lipinski definition) is 2. The molecule has 1 aromatic heterocycles. The molecule has 108 valence electrons. The van der Waals surface area contributed by atoms with Crippen LogP contribution in [0.25, 0.3) is 0 Å². The Labute approximate surface area is 120 Å². The molecule has 0 saturated heterocycles. The van der Waals surface area contributed by atoms with Crippen LogP contribution in [-0.4, -0.2) is 23.5 Å². The Kier molecular flexibility index (Phi) is 5.59. The van der Waals surface area contributed by atoms with Crippen molar-refractivity contribution in [2.75, 3.05) is 11.9 Å². The first-order valence-corrected chi connectivity index (χ1v) is 7.41. The fraction of sp³-hybridized carbons (Fsp3) is 0.500. The third kappa shape index (κ3) is 4.37. The summed E-state index contributed by atoms with van der Waals surface area (Å²) in [5, 5.41) is 6.27. The summed E-state index contributed by atoms with van der Waals surface area (Å²) in [6.07, 6.45) is 11.0. The van der Waals surface area contributed by atoms with Crippen LogP contribution >= 0.6 is 0 Å². The topological polar surface area (TPSA) is 54.0 Å². The van der Waals surface area contributed by atoms with Gasteiger partial charge in [0.25, 0.3) is 5.91 Å². The number of amides is 1. The molecule has 1 aromatic rings. The normalized spacial score (nSPS) is 16.2. The number of pyridine rings is 1. The van der Waals surface area contributed by atoms with Crippen molar-refractivity contribution in [3.05, 3.63) is 36.7 Å². The number of hydrogen-bond acceptors (Lipinski definition) is 3. The van der Waals surface area contributed by atoms with Crippen molar-refractivity contribution < 1.29 is 4.79 Å². The van der Waals surface area contributed by atoms with Crippen LogP contribution in [0.2, 0.25) is 0 Å². The first-order valence-electron chi connectivity index (χ1n) is 7.41. The van der Waals surface area contributed by atoms with Gasteiger partial charge in [0.15, 0.2) is 0 Å². The second kappa shape index (κ2) is 7.68. The molecular weight excluding hydrogens is 250 g/mol. The fourth-order valence-electron chi connectivity index (χ4n) is 2.56. The van der Waals surface area contributed by atoms with Gasteiger partial charge in [-0.1, -0.05) is 31.8 Å². The van der Waals surface area contributed by atoms with E-state index < -0.39 is 0 Å². The molecule has 0 radical (unpaired) electrons. The second-order valence-corrected chi connectivity index (χ2v) is 5.26. The molecule has 20 heavy (non-hydrogen) atoms. The minimum atomic E-state index is -0.158. The van der Waals surface area contributed by atoms with Gasteiger partial charge in [0, 0.05) is 24.5 Å². The second-order valence-electron chi connectivity index (χ2n) is 5.26. The molecule has 0 atom stereocenters. The van der Waals surface area contributed by atoms with E-state index in [0.29, 0.717) is 18.3 Å². The van der Waals surface area contributed by atoms with E-state index in [1.54, 1.807) is 12.3 Å². The molecule has 1 saturated carbocycles. The zero-order valence-electron chi connectivity index (χ0n) is 11.9. The van der Waals surface area contributed by atoms with Gasteiger partial charge in [0.1, 0.15) is 5.69 Å². The van der Waals surface area contributed by atoms with Crippen molar-refractivity contribution in [3.63, 3.8) is 0 Å². The van der Waals surface area contributed by atoms with E-state index in [9.17, 15) is 4.79 Å². The molecule has 2 rings (SSSR count). The van der Waals surface area contributed by atoms with Gasteiger partial charge in [-0.3, -0.25) is 9.78 Å². The van der Waals surface area contributed by atoms with Crippen LogP contribution in [0.5, 0.6) is 0 Å². The van der Waals surface area contributed by atoms with Crippen LogP contribution in [0.15, 0.2) is 31.0 Å². The van der Waals surface area contributed by atoms with Crippen molar-refractivity contribution in [1.82, 2.24) is 10.3 Å². The summed E-state index contributed by atoms with van der Waals surface area (Å²) in [7, 11) is 0. The van der Waals surface area contributed by atoms with Gasteiger partial charge in [-0.05, 0) is 25.0 Å². The molecule has 1 aliphatic carbocycles. The molecule has 2 N–H and O–H groups in total. The lowest BCUT2D eigenvalue weighted by Crippen LogP contribution is -2.24. The van der Waals surface area contributed by atoms with Gasteiger partial charge >= 0.3 is 0 Å². The molecule has 0 unspecified atom stereocenters. The van der Waals surface area contributed by atoms with Crippen molar-refractivity contribution in [3.8, 4) is 0 Å². The summed E-state index contributed by atoms with van der Waals surface area (Å²) >= 11 is 0. The average Bonchev–Trinajstić information content (AvgIpc) is 2.73. The molecular formula is C16H23N3O. The number of carbonyl (C=O) groups excluding carboxylic acids is 1. The number of carbonyl (C=O) groups is 1. The molecule has 0 spiro atoms. The van der Waals surface area contributed by atoms with E-state index in [1.165, 1.54) is 38.5 Å². The Morgan fingerprint density at radius 3 is 2.80 bits per heavy atom. The largest absolute Gasteiger partial charge is 0.382 e. The number of rotatable bonds is 5. The third-order valence-corrected chi connectivity index (χ3v) is 3.63. The Hall–Kier alpha value is -1.84. The van der Waals surface area contributed by atoms with Crippen molar-refractivity contribution in [1.29, 1.82) is 0 Å². The number of nitrogens with one attached hydrogen (secondary N) is 2. The smallest absolute Gasteiger partial charge is 0.270 e. The Morgan fingerprint density at radius 2 is 2.10 bits per heavy atom. The lowest BCUT2D eigenvalue weighted by Gasteiger charge is -2.17. The van der Waals surface area contributed by atoms with Crippen LogP contribution < -0.4 is 10.6 Å². The summed E-state index contributed by atoms with van der Waals surface area (Å²) in [6.45, 7) is 4.04. The summed E-state index contributed by atoms with van der Waals surface area (Å²) < 4.78 is 0. The SMILES string of the molecule is C=CCNC(=O)c1cc(NC2CCCCCC2)ccn1. The van der Waals surface area contributed by atoms with Gasteiger partial charge < -0.3 is 10.6 Å². The predicted molar refractivity (Wildman–Crippen MR) is 81.9 cm³/mol. The highest BCUT2D eigenvalue weighted by Gasteiger charge is 2.13. The first kappa shape index (κ1) is 14.6. The van der Waals surface area contributed by atoms with E-state index in [0.717, 1.165) is 5.69 Å². The van der Waals surface area contributed by atoms with E-state index in [4.69, 9.17) is 0 Å². The molecule has 1 heterocycles. The lowest BCUT2D eigenvalue weighted by atomic mass is 10.1. The van der Waals surface area contributed by atoms with Crippen LogP contribution in [0.3, 0.4) is 0 Å². The maximum absolute atomic E-state index is 11.9. The van der Waals surface area contributed by atoms with Crippen LogP contribution in [0.1, 0.15) is 49.0 Å². The van der Waals surface area contributed by atoms with E-state index in [2.05, 4.69) is 22.2 Å². The Morgan fingerprint density at radius 1 is 1.35 bits per heavy atom. The standard InChI is InChI=1S/C16H23N3O/c1-2-10-18-16(20)15-12-14(9-11-17-15)19-13-7-5-3-4-6-8-13/h2,9,11-13H,1,3-8,10H2,(H,17,19)(H,18,20). The van der Waals surface area contributed by atoms with Crippen molar-refractivity contribution in [2.45, 2.75) is 44.6 Å². The summed E-state index contributed by atoms with van der Waals surface area (Å²) in [6, 6.07) is 4.27. The van der Waals surface area contributed by atoms with Gasteiger partial charge in [0.05, 0.1) is 0 Å². The maximum Gasteiger partial charge on any atom is 0.270 e. The summed E-state index contributed by atoms with van der Waals surface area (Å²) in [5.41, 5.74) is 1.43. The number of nitrogens with zero attached hydrogens (tertiary/aromatic N) is 1. The Bertz CT molecular complexity index is 451. The number of anilines is 1. The zero-order valence-corrected chi connectivity index (χ0v) is 11.9. The van der Waals surface area contributed by atoms with E-state index in [-0.39, 0.29) is 5.91 Å². The highest BCUT2D eigenvalue weighted by Crippen LogP contribution is 2.21. The van der Waals surface area contributed by atoms with Crippen LogP contribution in [0.4, 0.5) is 5.69 Å². The summed E-state index contributed by atoms with van der Waals surface area (Å²) in [5.74, 6) is -0.158. The average molecular weight is 273 g/mol. The summed E-state index contributed by atoms with van der Waals surface area (Å²) in [4.78, 5) is 16.0. The van der Waals surface area contributed by atoms with Crippen molar-refractivity contribution in [2.24, 2.45) is 0 Å². The molecule has 4 nitrogen and oxygen atoms in total. The molecule has 0 bridgehead atoms. The van der Waals surface area contributed by atoms with Gasteiger partial charge in [0.2, 0.25) is 0 Å². The van der Waals surface area contributed by atoms with E-state index >= 15 is 0 Å². The van der Waals surface area contributed by atoms with Gasteiger partial charge in [-0.2, -0.15) is 0 Å². The van der Waals surface area contributed by atoms with Gasteiger partial charge in [-0.15, -0.1) is 6.58 Å². The molecule has 1 aliphatic rings. The molecule has 0 aliphatic heterocycles. The highest BCUT2D eigenvalue weighted by atomic mass is 16.1. The molecule has 1 fully saturated rings. The molecule has 0 aromatic carbocycles. The quantitative estimate of drug-likeness (QED) is 0.640. The predicted octanol–water partition coefficient (Wildman–Crippen LogP) is 3.13. The lowest BCUT2D eigenvalue weighted by molar-refractivity contribution is 0.0953. The van der Waals surface area contributed by atoms with Crippen LogP contribution in [0, 0.1) is 0 Å². The maximum atomic E-state index is 11.9. The fourth-order valence-corrected chi connectivity index (χ4v) is 2.56. The number of aromatic nitrogens is 1.